The molecule has 0 heterocycles. The highest BCUT2D eigenvalue weighted by Crippen LogP contribution is 2.43. The number of carbonyl (C=O) groups is 2. The van der Waals surface area contributed by atoms with Gasteiger partial charge in [-0.3, -0.25) is 18.6 Å². The van der Waals surface area contributed by atoms with Crippen molar-refractivity contribution >= 4 is 19.8 Å². The zero-order valence-electron chi connectivity index (χ0n) is 21.0. The van der Waals surface area contributed by atoms with Crippen LogP contribution in [-0.4, -0.2) is 49.3 Å². The number of carbonyl (C=O) groups excluding carboxylic acids is 2. The van der Waals surface area contributed by atoms with E-state index in [4.69, 9.17) is 19.7 Å². The van der Waals surface area contributed by atoms with E-state index in [1.54, 1.807) is 0 Å². The van der Waals surface area contributed by atoms with Gasteiger partial charge < -0.3 is 20.1 Å². The summed E-state index contributed by atoms with van der Waals surface area (Å²) in [5.74, 6) is -0.997. The van der Waals surface area contributed by atoms with E-state index in [0.717, 1.165) is 25.7 Å². The van der Waals surface area contributed by atoms with Gasteiger partial charge in [0.25, 0.3) is 0 Å². The van der Waals surface area contributed by atoms with E-state index in [2.05, 4.69) is 47.9 Å². The van der Waals surface area contributed by atoms with E-state index in [-0.39, 0.29) is 32.6 Å². The third-order valence-corrected chi connectivity index (χ3v) is 5.20. The summed E-state index contributed by atoms with van der Waals surface area (Å²) < 4.78 is 31.6. The van der Waals surface area contributed by atoms with Crippen LogP contribution in [0.25, 0.3) is 0 Å². The van der Waals surface area contributed by atoms with Gasteiger partial charge in [0.2, 0.25) is 0 Å². The van der Waals surface area contributed by atoms with Crippen molar-refractivity contribution in [3.63, 3.8) is 0 Å². The van der Waals surface area contributed by atoms with Gasteiger partial charge in [0, 0.05) is 19.4 Å². The third-order valence-electron chi connectivity index (χ3n) is 4.21. The molecule has 0 aromatic rings. The van der Waals surface area contributed by atoms with Crippen LogP contribution in [0.5, 0.6) is 0 Å². The Labute approximate surface area is 209 Å². The molecule has 35 heavy (non-hydrogen) atoms. The van der Waals surface area contributed by atoms with Crippen molar-refractivity contribution in [1.82, 2.24) is 0 Å². The van der Waals surface area contributed by atoms with Gasteiger partial charge in [-0.25, -0.2) is 4.57 Å². The molecule has 2 unspecified atom stereocenters. The predicted molar refractivity (Wildman–Crippen MR) is 136 cm³/mol. The fourth-order valence-corrected chi connectivity index (χ4v) is 3.27. The summed E-state index contributed by atoms with van der Waals surface area (Å²) in [7, 11) is -4.35. The number of hydrogen-bond donors (Lipinski definition) is 2. The van der Waals surface area contributed by atoms with Gasteiger partial charge in [-0.05, 0) is 38.5 Å². The molecule has 3 N–H and O–H groups in total. The molecule has 0 amide bonds. The largest absolute Gasteiger partial charge is 0.472 e. The Balaban J connectivity index is 4.39. The molecule has 0 aromatic carbocycles. The molecule has 0 aromatic heterocycles. The summed E-state index contributed by atoms with van der Waals surface area (Å²) in [5.41, 5.74) is 5.24. The Kier molecular flexibility index (Phi) is 21.1. The van der Waals surface area contributed by atoms with Crippen molar-refractivity contribution in [2.45, 2.75) is 71.3 Å². The van der Waals surface area contributed by atoms with Crippen LogP contribution in [-0.2, 0) is 32.7 Å². The van der Waals surface area contributed by atoms with Crippen LogP contribution in [0.2, 0.25) is 0 Å². The smallest absolute Gasteiger partial charge is 0.462 e. The van der Waals surface area contributed by atoms with Gasteiger partial charge in [-0.2, -0.15) is 0 Å². The highest BCUT2D eigenvalue weighted by atomic mass is 31.2. The summed E-state index contributed by atoms with van der Waals surface area (Å²) in [6, 6.07) is 0. The van der Waals surface area contributed by atoms with Crippen molar-refractivity contribution < 1.29 is 37.6 Å². The lowest BCUT2D eigenvalue weighted by molar-refractivity contribution is -0.161. The Morgan fingerprint density at radius 1 is 0.857 bits per heavy atom. The van der Waals surface area contributed by atoms with Crippen molar-refractivity contribution in [2.24, 2.45) is 5.73 Å². The molecule has 0 saturated carbocycles. The lowest BCUT2D eigenvalue weighted by atomic mass is 10.2. The summed E-state index contributed by atoms with van der Waals surface area (Å²) in [6.45, 7) is 3.06. The summed E-state index contributed by atoms with van der Waals surface area (Å²) in [5, 5.41) is 0. The first-order valence-electron chi connectivity index (χ1n) is 12.1. The number of allylic oxidation sites excluding steroid dienone is 8. The second kappa shape index (κ2) is 22.4. The first kappa shape index (κ1) is 33.0. The average Bonchev–Trinajstić information content (AvgIpc) is 2.82. The molecular weight excluding hydrogens is 473 g/mol. The highest BCUT2D eigenvalue weighted by Gasteiger charge is 2.25. The van der Waals surface area contributed by atoms with E-state index >= 15 is 0 Å². The summed E-state index contributed by atoms with van der Waals surface area (Å²) >= 11 is 0. The second-order valence-electron chi connectivity index (χ2n) is 7.47. The SMILES string of the molecule is CC/C=C\C/C=C\C/C=C\C/C=C\CCC(=O)OC(COC(=O)CCC)COP(=O)(O)OCCN. The molecule has 0 spiro atoms. The van der Waals surface area contributed by atoms with Gasteiger partial charge in [0.05, 0.1) is 13.2 Å². The van der Waals surface area contributed by atoms with Gasteiger partial charge in [-0.1, -0.05) is 62.5 Å². The van der Waals surface area contributed by atoms with E-state index in [9.17, 15) is 19.0 Å². The summed E-state index contributed by atoms with van der Waals surface area (Å²) in [6.07, 6.45) is 20.5. The number of esters is 2. The molecule has 0 aliphatic rings. The predicted octanol–water partition coefficient (Wildman–Crippen LogP) is 4.92. The summed E-state index contributed by atoms with van der Waals surface area (Å²) in [4.78, 5) is 33.4. The van der Waals surface area contributed by atoms with Crippen molar-refractivity contribution in [3.8, 4) is 0 Å². The number of ether oxygens (including phenoxy) is 2. The van der Waals surface area contributed by atoms with Crippen LogP contribution >= 0.6 is 7.82 Å². The van der Waals surface area contributed by atoms with Crippen LogP contribution in [0.15, 0.2) is 48.6 Å². The lowest BCUT2D eigenvalue weighted by Crippen LogP contribution is -2.29. The quantitative estimate of drug-likeness (QED) is 0.124. The molecule has 0 bridgehead atoms. The fourth-order valence-electron chi connectivity index (χ4n) is 2.50. The van der Waals surface area contributed by atoms with Crippen LogP contribution in [0, 0.1) is 0 Å². The van der Waals surface area contributed by atoms with Crippen molar-refractivity contribution in [1.29, 1.82) is 0 Å². The monoisotopic (exact) mass is 515 g/mol. The maximum Gasteiger partial charge on any atom is 0.472 e. The number of phosphoric ester groups is 1. The topological polar surface area (TPSA) is 134 Å². The van der Waals surface area contributed by atoms with Crippen LogP contribution in [0.4, 0.5) is 0 Å². The zero-order valence-corrected chi connectivity index (χ0v) is 21.9. The first-order valence-corrected chi connectivity index (χ1v) is 13.6. The number of phosphoric acid groups is 1. The van der Waals surface area contributed by atoms with E-state index < -0.39 is 32.5 Å². The molecule has 2 atom stereocenters. The van der Waals surface area contributed by atoms with E-state index in [1.165, 1.54) is 0 Å². The normalized spacial score (nSPS) is 14.7. The van der Waals surface area contributed by atoms with Gasteiger partial charge in [-0.15, -0.1) is 0 Å². The number of rotatable bonds is 21. The molecule has 0 aliphatic carbocycles. The van der Waals surface area contributed by atoms with E-state index in [1.807, 2.05) is 19.1 Å². The van der Waals surface area contributed by atoms with Gasteiger partial charge >= 0.3 is 19.8 Å². The van der Waals surface area contributed by atoms with Crippen LogP contribution < -0.4 is 5.73 Å². The Bertz CT molecular complexity index is 733. The molecule has 0 fully saturated rings. The molecule has 10 heteroatoms. The number of nitrogens with two attached hydrogens (primary N) is 1. The fraction of sp³-hybridized carbons (Fsp3) is 0.600. The third kappa shape index (κ3) is 22.2. The molecule has 0 radical (unpaired) electrons. The molecular formula is C25H42NO8P. The van der Waals surface area contributed by atoms with Crippen molar-refractivity contribution in [2.75, 3.05) is 26.4 Å². The maximum absolute atomic E-state index is 12.2. The second-order valence-corrected chi connectivity index (χ2v) is 8.92. The van der Waals surface area contributed by atoms with Gasteiger partial charge in [0.15, 0.2) is 6.10 Å². The first-order chi connectivity index (χ1) is 16.8. The Morgan fingerprint density at radius 2 is 1.46 bits per heavy atom. The minimum absolute atomic E-state index is 0.0399. The molecule has 200 valence electrons. The highest BCUT2D eigenvalue weighted by molar-refractivity contribution is 7.47. The molecule has 0 saturated heterocycles. The zero-order chi connectivity index (χ0) is 26.2. The lowest BCUT2D eigenvalue weighted by Gasteiger charge is -2.19. The minimum atomic E-state index is -4.35. The maximum atomic E-state index is 12.2. The molecule has 0 aliphatic heterocycles. The van der Waals surface area contributed by atoms with Crippen molar-refractivity contribution in [3.05, 3.63) is 48.6 Å². The van der Waals surface area contributed by atoms with Crippen LogP contribution in [0.3, 0.4) is 0 Å². The average molecular weight is 516 g/mol. The standard InChI is InChI=1S/C25H42NO8P/c1-3-5-6-7-8-9-10-11-12-13-14-15-16-18-25(28)34-23(21-31-24(27)17-4-2)22-33-35(29,30)32-20-19-26/h5-6,8-9,11-12,14-15,23H,3-4,7,10,13,16-22,26H2,1-2H3,(H,29,30)/b6-5-,9-8-,12-11-,15-14-. The Hall–Kier alpha value is -2.03. The van der Waals surface area contributed by atoms with E-state index in [0.29, 0.717) is 12.8 Å². The van der Waals surface area contributed by atoms with Gasteiger partial charge in [0.1, 0.15) is 6.61 Å². The minimum Gasteiger partial charge on any atom is -0.462 e. The number of hydrogen-bond acceptors (Lipinski definition) is 8. The van der Waals surface area contributed by atoms with Crippen LogP contribution in [0.1, 0.15) is 65.2 Å². The Morgan fingerprint density at radius 3 is 2.03 bits per heavy atom. The molecule has 9 nitrogen and oxygen atoms in total. The molecule has 0 rings (SSSR count).